The van der Waals surface area contributed by atoms with E-state index in [1.54, 1.807) is 6.33 Å². The summed E-state index contributed by atoms with van der Waals surface area (Å²) < 4.78 is 74.1. The van der Waals surface area contributed by atoms with E-state index in [2.05, 4.69) is 15.0 Å². The van der Waals surface area contributed by atoms with Crippen LogP contribution in [0.5, 0.6) is 5.75 Å². The lowest BCUT2D eigenvalue weighted by Crippen LogP contribution is -2.78. The number of aromatic nitrogens is 2. The molecule has 1 amide bonds. The molecule has 2 aromatic rings. The number of amides is 1. The fraction of sp³-hybridized carbons (Fsp3) is 0.524. The molecule has 4 aliphatic rings. The number of hydrogen-bond acceptors (Lipinski definition) is 4. The van der Waals surface area contributed by atoms with E-state index in [1.165, 1.54) is 6.07 Å². The molecule has 0 saturated heterocycles. The molecule has 32 heavy (non-hydrogen) atoms. The van der Waals surface area contributed by atoms with E-state index >= 15 is 0 Å². The Balaban J connectivity index is 1.08. The largest absolute Gasteiger partial charge is 0.522 e. The van der Waals surface area contributed by atoms with Crippen molar-refractivity contribution in [2.24, 2.45) is 0 Å². The van der Waals surface area contributed by atoms with Gasteiger partial charge in [-0.05, 0) is 44.2 Å². The number of benzene rings is 1. The lowest BCUT2D eigenvalue weighted by atomic mass is 9.44. The number of hydrogen-bond donors (Lipinski definition) is 1. The molecule has 0 aliphatic heterocycles. The molecule has 1 aromatic heterocycles. The molecule has 6 rings (SSSR count). The first-order valence-electron chi connectivity index (χ1n) is 10.2. The maximum atomic E-state index is 13.2. The van der Waals surface area contributed by atoms with Crippen molar-refractivity contribution in [3.63, 3.8) is 0 Å². The molecule has 0 atom stereocenters. The highest BCUT2D eigenvalue weighted by Crippen LogP contribution is 2.65. The number of nitrogens with zero attached hydrogens (tertiary/aromatic N) is 2. The summed E-state index contributed by atoms with van der Waals surface area (Å²) in [4.78, 5) is 16.6. The average Bonchev–Trinajstić information content (AvgIpc) is 3.09. The van der Waals surface area contributed by atoms with Crippen LogP contribution in [0.15, 0.2) is 30.7 Å². The number of alkyl halides is 3. The van der Waals surface area contributed by atoms with Crippen LogP contribution in [0.4, 0.5) is 22.0 Å². The van der Waals surface area contributed by atoms with Crippen molar-refractivity contribution in [1.82, 2.24) is 14.9 Å². The SMILES string of the molecule is O=C(COc1ccc(F)c(F)c1)NC12CC(n3cnc([C@H]4C[C@@H](OC(F)(F)F)C4)c3)(C1)C2. The second-order valence-corrected chi connectivity index (χ2v) is 9.01. The second kappa shape index (κ2) is 7.16. The maximum absolute atomic E-state index is 13.2. The molecule has 6 nitrogen and oxygen atoms in total. The van der Waals surface area contributed by atoms with Gasteiger partial charge in [0.05, 0.1) is 23.7 Å². The minimum atomic E-state index is -4.61. The number of ether oxygens (including phenoxy) is 2. The Morgan fingerprint density at radius 2 is 1.91 bits per heavy atom. The Morgan fingerprint density at radius 3 is 2.56 bits per heavy atom. The van der Waals surface area contributed by atoms with Gasteiger partial charge in [-0.2, -0.15) is 0 Å². The first-order valence-corrected chi connectivity index (χ1v) is 10.2. The molecule has 2 bridgehead atoms. The van der Waals surface area contributed by atoms with Crippen molar-refractivity contribution < 1.29 is 36.2 Å². The lowest BCUT2D eigenvalue weighted by Gasteiger charge is -2.70. The first kappa shape index (κ1) is 21.2. The van der Waals surface area contributed by atoms with E-state index in [1.807, 2.05) is 10.8 Å². The molecule has 172 valence electrons. The number of carbonyl (C=O) groups excluding carboxylic acids is 1. The maximum Gasteiger partial charge on any atom is 0.522 e. The van der Waals surface area contributed by atoms with Gasteiger partial charge in [0.15, 0.2) is 18.2 Å². The van der Waals surface area contributed by atoms with Gasteiger partial charge in [-0.15, -0.1) is 13.2 Å². The lowest BCUT2D eigenvalue weighted by molar-refractivity contribution is -0.351. The van der Waals surface area contributed by atoms with Gasteiger partial charge in [-0.1, -0.05) is 0 Å². The second-order valence-electron chi connectivity index (χ2n) is 9.01. The number of halogens is 5. The van der Waals surface area contributed by atoms with Crippen molar-refractivity contribution in [1.29, 1.82) is 0 Å². The minimum Gasteiger partial charge on any atom is -0.484 e. The van der Waals surface area contributed by atoms with Crippen LogP contribution in [0.3, 0.4) is 0 Å². The monoisotopic (exact) mass is 457 g/mol. The zero-order valence-corrected chi connectivity index (χ0v) is 16.8. The Morgan fingerprint density at radius 1 is 1.19 bits per heavy atom. The van der Waals surface area contributed by atoms with E-state index < -0.39 is 24.1 Å². The highest BCUT2D eigenvalue weighted by Gasteiger charge is 2.69. The zero-order valence-electron chi connectivity index (χ0n) is 16.8. The van der Waals surface area contributed by atoms with Crippen LogP contribution < -0.4 is 10.1 Å². The fourth-order valence-electron chi connectivity index (χ4n) is 5.09. The molecule has 0 radical (unpaired) electrons. The summed E-state index contributed by atoms with van der Waals surface area (Å²) in [7, 11) is 0. The van der Waals surface area contributed by atoms with E-state index in [0.29, 0.717) is 12.8 Å². The molecule has 0 spiro atoms. The molecule has 4 saturated carbocycles. The van der Waals surface area contributed by atoms with E-state index in [4.69, 9.17) is 4.74 Å². The molecule has 4 fully saturated rings. The molecular formula is C21H20F5N3O3. The van der Waals surface area contributed by atoms with Gasteiger partial charge in [0.25, 0.3) is 5.91 Å². The van der Waals surface area contributed by atoms with Gasteiger partial charge in [-0.3, -0.25) is 9.53 Å². The van der Waals surface area contributed by atoms with Crippen LogP contribution in [0, 0.1) is 11.6 Å². The summed E-state index contributed by atoms with van der Waals surface area (Å²) in [5.74, 6) is -2.36. The predicted molar refractivity (Wildman–Crippen MR) is 99.7 cm³/mol. The summed E-state index contributed by atoms with van der Waals surface area (Å²) >= 11 is 0. The quantitative estimate of drug-likeness (QED) is 0.643. The van der Waals surface area contributed by atoms with Crippen LogP contribution in [0.2, 0.25) is 0 Å². The molecular weight excluding hydrogens is 437 g/mol. The highest BCUT2D eigenvalue weighted by molar-refractivity contribution is 5.79. The van der Waals surface area contributed by atoms with Gasteiger partial charge in [0, 0.05) is 23.7 Å². The molecule has 4 aliphatic carbocycles. The summed E-state index contributed by atoms with van der Waals surface area (Å²) in [5, 5.41) is 2.94. The zero-order chi connectivity index (χ0) is 22.7. The Bertz CT molecular complexity index is 1030. The van der Waals surface area contributed by atoms with Crippen LogP contribution in [0.25, 0.3) is 0 Å². The van der Waals surface area contributed by atoms with E-state index in [-0.39, 0.29) is 35.3 Å². The normalized spacial score (nSPS) is 30.7. The minimum absolute atomic E-state index is 0.0435. The summed E-state index contributed by atoms with van der Waals surface area (Å²) in [5.41, 5.74) is 0.307. The van der Waals surface area contributed by atoms with Crippen LogP contribution in [-0.4, -0.2) is 40.1 Å². The van der Waals surface area contributed by atoms with Crippen molar-refractivity contribution in [2.75, 3.05) is 6.61 Å². The molecule has 1 heterocycles. The molecule has 11 heteroatoms. The molecule has 1 aromatic carbocycles. The van der Waals surface area contributed by atoms with Crippen molar-refractivity contribution in [3.05, 3.63) is 48.1 Å². The third-order valence-corrected chi connectivity index (χ3v) is 6.63. The van der Waals surface area contributed by atoms with Crippen LogP contribution in [0.1, 0.15) is 43.7 Å². The van der Waals surface area contributed by atoms with Gasteiger partial charge < -0.3 is 14.6 Å². The number of imidazole rings is 1. The van der Waals surface area contributed by atoms with Crippen molar-refractivity contribution in [3.8, 4) is 5.75 Å². The van der Waals surface area contributed by atoms with Gasteiger partial charge in [-0.25, -0.2) is 13.8 Å². The van der Waals surface area contributed by atoms with E-state index in [9.17, 15) is 26.7 Å². The number of rotatable bonds is 7. The predicted octanol–water partition coefficient (Wildman–Crippen LogP) is 3.77. The van der Waals surface area contributed by atoms with E-state index in [0.717, 1.165) is 37.1 Å². The Hall–Kier alpha value is -2.69. The topological polar surface area (TPSA) is 65.4 Å². The number of carbonyl (C=O) groups is 1. The summed E-state index contributed by atoms with van der Waals surface area (Å²) in [6.07, 6.45) is 0.900. The van der Waals surface area contributed by atoms with Gasteiger partial charge in [0.2, 0.25) is 0 Å². The summed E-state index contributed by atoms with van der Waals surface area (Å²) in [6.45, 7) is -0.308. The smallest absolute Gasteiger partial charge is 0.484 e. The summed E-state index contributed by atoms with van der Waals surface area (Å²) in [6, 6.07) is 3.06. The number of nitrogens with one attached hydrogen (secondary N) is 1. The third-order valence-electron chi connectivity index (χ3n) is 6.63. The van der Waals surface area contributed by atoms with Crippen LogP contribution in [-0.2, 0) is 15.1 Å². The van der Waals surface area contributed by atoms with Crippen LogP contribution >= 0.6 is 0 Å². The standard InChI is InChI=1S/C21H20F5N3O3/c22-15-2-1-13(5-16(15)23)31-7-18(30)28-19-8-20(9-19,10-19)29-6-17(27-11-29)12-3-14(4-12)32-21(24,25)26/h1-2,5-6,11-12,14H,3-4,7-10H2,(H,28,30)/t12-,14+,19?,20?. The average molecular weight is 457 g/mol. The molecule has 0 unspecified atom stereocenters. The van der Waals surface area contributed by atoms with Crippen molar-refractivity contribution >= 4 is 5.91 Å². The van der Waals surface area contributed by atoms with Crippen molar-refractivity contribution in [2.45, 2.75) is 61.6 Å². The Kier molecular flexibility index (Phi) is 4.74. The Labute approximate surface area is 179 Å². The van der Waals surface area contributed by atoms with Gasteiger partial charge >= 0.3 is 6.36 Å². The highest BCUT2D eigenvalue weighted by atomic mass is 19.4. The first-order chi connectivity index (χ1) is 15.0. The molecule has 1 N–H and O–H groups in total. The van der Waals surface area contributed by atoms with Gasteiger partial charge in [0.1, 0.15) is 5.75 Å². The fourth-order valence-corrected chi connectivity index (χ4v) is 5.09. The third kappa shape index (κ3) is 3.82.